The fourth-order valence-corrected chi connectivity index (χ4v) is 2.30. The first-order valence-electron chi connectivity index (χ1n) is 5.85. The predicted molar refractivity (Wildman–Crippen MR) is 57.1 cm³/mol. The number of aliphatic hydroxyl groups excluding tert-OH is 1. The molecule has 0 amide bonds. The van der Waals surface area contributed by atoms with Crippen molar-refractivity contribution in [2.45, 2.75) is 58.3 Å². The van der Waals surface area contributed by atoms with Crippen molar-refractivity contribution < 1.29 is 9.90 Å². The number of carbonyl (C=O) groups excluding carboxylic acids is 1. The molecule has 82 valence electrons. The van der Waals surface area contributed by atoms with E-state index >= 15 is 0 Å². The first-order valence-corrected chi connectivity index (χ1v) is 5.85. The third kappa shape index (κ3) is 3.09. The molecular weight excluding hydrogens is 176 g/mol. The first-order chi connectivity index (χ1) is 6.72. The van der Waals surface area contributed by atoms with Crippen LogP contribution in [0.2, 0.25) is 0 Å². The van der Waals surface area contributed by atoms with Gasteiger partial charge in [0.2, 0.25) is 0 Å². The zero-order valence-corrected chi connectivity index (χ0v) is 9.22. The highest BCUT2D eigenvalue weighted by atomic mass is 16.3. The van der Waals surface area contributed by atoms with Gasteiger partial charge in [-0.25, -0.2) is 0 Å². The average Bonchev–Trinajstić information content (AvgIpc) is 2.22. The molecule has 14 heavy (non-hydrogen) atoms. The Morgan fingerprint density at radius 1 is 1.29 bits per heavy atom. The van der Waals surface area contributed by atoms with E-state index < -0.39 is 0 Å². The van der Waals surface area contributed by atoms with Crippen molar-refractivity contribution in [2.75, 3.05) is 6.61 Å². The fraction of sp³-hybridized carbons (Fsp3) is 0.917. The molecule has 0 aromatic carbocycles. The molecule has 1 N–H and O–H groups in total. The molecule has 2 heteroatoms. The number of rotatable bonds is 5. The summed E-state index contributed by atoms with van der Waals surface area (Å²) in [6.45, 7) is 2.46. The van der Waals surface area contributed by atoms with Crippen molar-refractivity contribution in [1.82, 2.24) is 0 Å². The van der Waals surface area contributed by atoms with Gasteiger partial charge in [0, 0.05) is 19.4 Å². The number of ketones is 1. The van der Waals surface area contributed by atoms with Gasteiger partial charge in [-0.1, -0.05) is 26.2 Å². The van der Waals surface area contributed by atoms with Gasteiger partial charge >= 0.3 is 0 Å². The molecule has 1 rings (SSSR count). The second kappa shape index (κ2) is 5.50. The maximum Gasteiger partial charge on any atom is 0.132 e. The normalized spacial score (nSPS) is 21.1. The summed E-state index contributed by atoms with van der Waals surface area (Å²) in [6.07, 6.45) is 7.96. The molecular formula is C12H22O2. The minimum Gasteiger partial charge on any atom is -0.396 e. The van der Waals surface area contributed by atoms with Crippen molar-refractivity contribution in [1.29, 1.82) is 0 Å². The Morgan fingerprint density at radius 3 is 2.43 bits per heavy atom. The molecule has 2 nitrogen and oxygen atoms in total. The smallest absolute Gasteiger partial charge is 0.132 e. The van der Waals surface area contributed by atoms with Gasteiger partial charge in [0.05, 0.1) is 0 Å². The topological polar surface area (TPSA) is 37.3 Å². The van der Waals surface area contributed by atoms with Crippen molar-refractivity contribution in [2.24, 2.45) is 5.41 Å². The van der Waals surface area contributed by atoms with Crippen LogP contribution in [-0.2, 0) is 4.79 Å². The van der Waals surface area contributed by atoms with Crippen LogP contribution in [0.1, 0.15) is 58.3 Å². The lowest BCUT2D eigenvalue weighted by Gasteiger charge is -2.35. The SMILES string of the molecule is CCCCCC1(CO)CCC(=O)CC1. The number of hydrogen-bond acceptors (Lipinski definition) is 2. The molecule has 0 saturated heterocycles. The lowest BCUT2D eigenvalue weighted by atomic mass is 9.71. The Balaban J connectivity index is 2.37. The standard InChI is InChI=1S/C12H22O2/c1-2-3-4-7-12(10-13)8-5-11(14)6-9-12/h13H,2-10H2,1H3. The molecule has 0 aromatic heterocycles. The summed E-state index contributed by atoms with van der Waals surface area (Å²) in [7, 11) is 0. The summed E-state index contributed by atoms with van der Waals surface area (Å²) in [6, 6.07) is 0. The summed E-state index contributed by atoms with van der Waals surface area (Å²) in [5.74, 6) is 0.379. The molecule has 0 atom stereocenters. The lowest BCUT2D eigenvalue weighted by Crippen LogP contribution is -2.31. The summed E-state index contributed by atoms with van der Waals surface area (Å²) in [4.78, 5) is 11.1. The van der Waals surface area contributed by atoms with E-state index in [4.69, 9.17) is 0 Å². The number of hydrogen-bond donors (Lipinski definition) is 1. The third-order valence-electron chi connectivity index (χ3n) is 3.51. The largest absolute Gasteiger partial charge is 0.396 e. The molecule has 1 aliphatic carbocycles. The van der Waals surface area contributed by atoms with Crippen LogP contribution in [0.5, 0.6) is 0 Å². The van der Waals surface area contributed by atoms with Gasteiger partial charge in [-0.15, -0.1) is 0 Å². The van der Waals surface area contributed by atoms with Crippen LogP contribution in [0.4, 0.5) is 0 Å². The quantitative estimate of drug-likeness (QED) is 0.690. The van der Waals surface area contributed by atoms with E-state index in [0.717, 1.165) is 19.3 Å². The minimum atomic E-state index is 0.0864. The second-order valence-electron chi connectivity index (χ2n) is 4.65. The van der Waals surface area contributed by atoms with Gasteiger partial charge in [-0.3, -0.25) is 4.79 Å². The molecule has 0 spiro atoms. The number of aliphatic hydroxyl groups is 1. The maximum atomic E-state index is 11.1. The molecule has 1 fully saturated rings. The van der Waals surface area contributed by atoms with Gasteiger partial charge in [0.15, 0.2) is 0 Å². The second-order valence-corrected chi connectivity index (χ2v) is 4.65. The van der Waals surface area contributed by atoms with Gasteiger partial charge in [-0.05, 0) is 24.7 Å². The van der Waals surface area contributed by atoms with Crippen LogP contribution in [0.25, 0.3) is 0 Å². The van der Waals surface area contributed by atoms with Crippen molar-refractivity contribution >= 4 is 5.78 Å². The Morgan fingerprint density at radius 2 is 1.93 bits per heavy atom. The van der Waals surface area contributed by atoms with E-state index in [-0.39, 0.29) is 12.0 Å². The van der Waals surface area contributed by atoms with E-state index in [1.165, 1.54) is 19.3 Å². The molecule has 0 heterocycles. The number of carbonyl (C=O) groups is 1. The summed E-state index contributed by atoms with van der Waals surface area (Å²) >= 11 is 0. The predicted octanol–water partition coefficient (Wildman–Crippen LogP) is 2.69. The van der Waals surface area contributed by atoms with Crippen molar-refractivity contribution in [3.8, 4) is 0 Å². The van der Waals surface area contributed by atoms with Gasteiger partial charge in [0.1, 0.15) is 5.78 Å². The van der Waals surface area contributed by atoms with Gasteiger partial charge in [0.25, 0.3) is 0 Å². The average molecular weight is 198 g/mol. The van der Waals surface area contributed by atoms with Crippen molar-refractivity contribution in [3.63, 3.8) is 0 Å². The van der Waals surface area contributed by atoms with E-state index in [1.54, 1.807) is 0 Å². The summed E-state index contributed by atoms with van der Waals surface area (Å²) in [5, 5.41) is 9.42. The summed E-state index contributed by atoms with van der Waals surface area (Å²) < 4.78 is 0. The van der Waals surface area contributed by atoms with Crippen molar-refractivity contribution in [3.05, 3.63) is 0 Å². The van der Waals surface area contributed by atoms with Crippen LogP contribution >= 0.6 is 0 Å². The van der Waals surface area contributed by atoms with Crippen LogP contribution in [0.15, 0.2) is 0 Å². The van der Waals surface area contributed by atoms with Crippen LogP contribution in [0.3, 0.4) is 0 Å². The Hall–Kier alpha value is -0.370. The van der Waals surface area contributed by atoms with E-state index in [1.807, 2.05) is 0 Å². The van der Waals surface area contributed by atoms with Gasteiger partial charge < -0.3 is 5.11 Å². The number of Topliss-reactive ketones (excluding diaryl/α,β-unsaturated/α-hetero) is 1. The fourth-order valence-electron chi connectivity index (χ4n) is 2.30. The maximum absolute atomic E-state index is 11.1. The van der Waals surface area contributed by atoms with Crippen LogP contribution in [-0.4, -0.2) is 17.5 Å². The van der Waals surface area contributed by atoms with Gasteiger partial charge in [-0.2, -0.15) is 0 Å². The molecule has 1 saturated carbocycles. The zero-order chi connectivity index (χ0) is 10.4. The monoisotopic (exact) mass is 198 g/mol. The first kappa shape index (κ1) is 11.7. The van der Waals surface area contributed by atoms with E-state index in [2.05, 4.69) is 6.92 Å². The Bertz CT molecular complexity index is 177. The zero-order valence-electron chi connectivity index (χ0n) is 9.22. The minimum absolute atomic E-state index is 0.0864. The third-order valence-corrected chi connectivity index (χ3v) is 3.51. The van der Waals surface area contributed by atoms with Crippen LogP contribution < -0.4 is 0 Å². The van der Waals surface area contributed by atoms with E-state index in [0.29, 0.717) is 18.6 Å². The number of unbranched alkanes of at least 4 members (excludes halogenated alkanes) is 2. The van der Waals surface area contributed by atoms with E-state index in [9.17, 15) is 9.90 Å². The Kier molecular flexibility index (Phi) is 4.59. The molecule has 0 unspecified atom stereocenters. The summed E-state index contributed by atoms with van der Waals surface area (Å²) in [5.41, 5.74) is 0.0864. The molecule has 1 aliphatic rings. The highest BCUT2D eigenvalue weighted by Crippen LogP contribution is 2.38. The molecule has 0 aromatic rings. The molecule has 0 bridgehead atoms. The highest BCUT2D eigenvalue weighted by molar-refractivity contribution is 5.79. The highest BCUT2D eigenvalue weighted by Gasteiger charge is 2.33. The van der Waals surface area contributed by atoms with Crippen LogP contribution in [0, 0.1) is 5.41 Å². The molecule has 0 aliphatic heterocycles. The lowest BCUT2D eigenvalue weighted by molar-refractivity contribution is -0.123. The Labute approximate surface area is 86.7 Å². The molecule has 0 radical (unpaired) electrons.